The van der Waals surface area contributed by atoms with Crippen LogP contribution in [0.3, 0.4) is 0 Å². The van der Waals surface area contributed by atoms with Crippen molar-refractivity contribution in [2.75, 3.05) is 49.1 Å². The van der Waals surface area contributed by atoms with Crippen LogP contribution in [0.4, 0.5) is 19.0 Å². The van der Waals surface area contributed by atoms with Crippen LogP contribution in [0.2, 0.25) is 0 Å². The number of hydrogen-bond acceptors (Lipinski definition) is 6. The summed E-state index contributed by atoms with van der Waals surface area (Å²) >= 11 is 0. The average Bonchev–Trinajstić information content (AvgIpc) is 2.80. The molecular weight excluding hydrogens is 397 g/mol. The molecule has 1 N–H and O–H groups in total. The molecule has 28 heavy (non-hydrogen) atoms. The Bertz CT molecular complexity index is 799. The first-order chi connectivity index (χ1) is 13.1. The van der Waals surface area contributed by atoms with Crippen LogP contribution in [0, 0.1) is 0 Å². The lowest BCUT2D eigenvalue weighted by Gasteiger charge is -2.23. The summed E-state index contributed by atoms with van der Waals surface area (Å²) in [4.78, 5) is 20.0. The monoisotopic (exact) mass is 420 g/mol. The Morgan fingerprint density at radius 1 is 1.21 bits per heavy atom. The number of amides is 1. The molecule has 1 aromatic rings. The molecule has 0 spiro atoms. The molecule has 7 nitrogen and oxygen atoms in total. The van der Waals surface area contributed by atoms with Crippen molar-refractivity contribution in [2.45, 2.75) is 25.1 Å². The summed E-state index contributed by atoms with van der Waals surface area (Å²) in [5.41, 5.74) is -0.779. The molecule has 1 atom stereocenters. The molecule has 3 rings (SSSR count). The van der Waals surface area contributed by atoms with Crippen molar-refractivity contribution >= 4 is 21.6 Å². The molecule has 11 heteroatoms. The highest BCUT2D eigenvalue weighted by atomic mass is 32.2. The highest BCUT2D eigenvalue weighted by molar-refractivity contribution is 7.91. The van der Waals surface area contributed by atoms with Crippen molar-refractivity contribution < 1.29 is 26.4 Å². The summed E-state index contributed by atoms with van der Waals surface area (Å²) in [5.74, 6) is 0.377. The zero-order valence-electron chi connectivity index (χ0n) is 15.3. The van der Waals surface area contributed by atoms with Crippen molar-refractivity contribution in [3.63, 3.8) is 0 Å². The molecule has 0 bridgehead atoms. The maximum Gasteiger partial charge on any atom is 0.417 e. The number of sulfone groups is 1. The number of carbonyl (C=O) groups excluding carboxylic acids is 1. The summed E-state index contributed by atoms with van der Waals surface area (Å²) in [6, 6.07) is 2.07. The summed E-state index contributed by atoms with van der Waals surface area (Å²) in [7, 11) is -3.04. The highest BCUT2D eigenvalue weighted by Crippen LogP contribution is 2.29. The molecule has 1 aromatic heterocycles. The predicted molar refractivity (Wildman–Crippen MR) is 97.7 cm³/mol. The quantitative estimate of drug-likeness (QED) is 0.780. The third-order valence-corrected chi connectivity index (χ3v) is 6.72. The second kappa shape index (κ2) is 8.24. The Balaban J connectivity index is 1.50. The number of carbonyl (C=O) groups is 1. The van der Waals surface area contributed by atoms with Crippen LogP contribution < -0.4 is 10.2 Å². The molecule has 0 saturated carbocycles. The van der Waals surface area contributed by atoms with E-state index in [0.717, 1.165) is 18.7 Å². The zero-order valence-corrected chi connectivity index (χ0v) is 16.1. The van der Waals surface area contributed by atoms with Crippen molar-refractivity contribution in [3.8, 4) is 0 Å². The third-order valence-electron chi connectivity index (χ3n) is 4.95. The third kappa shape index (κ3) is 5.57. The van der Waals surface area contributed by atoms with E-state index in [0.29, 0.717) is 38.4 Å². The van der Waals surface area contributed by atoms with Crippen LogP contribution in [0.15, 0.2) is 18.3 Å². The first-order valence-corrected chi connectivity index (χ1v) is 10.9. The first kappa shape index (κ1) is 20.8. The van der Waals surface area contributed by atoms with E-state index < -0.39 is 21.6 Å². The van der Waals surface area contributed by atoms with Gasteiger partial charge in [0.05, 0.1) is 23.6 Å². The number of hydrogen-bond donors (Lipinski definition) is 1. The maximum absolute atomic E-state index is 12.7. The standard InChI is InChI=1S/C17H23F3N4O3S/c18-17(19,20)13-2-3-15(21-10-13)24-6-1-5-23(7-8-24)11-16(25)22-14-4-9-28(26,27)12-14/h2-3,10,14H,1,4-9,11-12H2,(H,22,25). The van der Waals surface area contributed by atoms with Gasteiger partial charge in [0.25, 0.3) is 0 Å². The molecule has 0 aromatic carbocycles. The number of alkyl halides is 3. The second-order valence-corrected chi connectivity index (χ2v) is 9.42. The van der Waals surface area contributed by atoms with E-state index in [1.165, 1.54) is 6.07 Å². The van der Waals surface area contributed by atoms with E-state index in [1.807, 2.05) is 9.80 Å². The Morgan fingerprint density at radius 2 is 2.00 bits per heavy atom. The van der Waals surface area contributed by atoms with Crippen LogP contribution in [0.25, 0.3) is 0 Å². The normalized spacial score (nSPS) is 23.4. The fourth-order valence-electron chi connectivity index (χ4n) is 3.48. The van der Waals surface area contributed by atoms with Gasteiger partial charge >= 0.3 is 6.18 Å². The number of halogens is 3. The summed E-state index contributed by atoms with van der Waals surface area (Å²) in [5, 5.41) is 2.77. The van der Waals surface area contributed by atoms with Gasteiger partial charge in [0.15, 0.2) is 9.84 Å². The summed E-state index contributed by atoms with van der Waals surface area (Å²) in [6.07, 6.45) is -2.39. The van der Waals surface area contributed by atoms with Gasteiger partial charge in [0, 0.05) is 38.4 Å². The van der Waals surface area contributed by atoms with E-state index in [9.17, 15) is 26.4 Å². The second-order valence-electron chi connectivity index (χ2n) is 7.19. The molecule has 3 heterocycles. The van der Waals surface area contributed by atoms with Crippen molar-refractivity contribution in [1.29, 1.82) is 0 Å². The molecular formula is C17H23F3N4O3S. The largest absolute Gasteiger partial charge is 0.417 e. The number of anilines is 1. The van der Waals surface area contributed by atoms with Gasteiger partial charge in [0.1, 0.15) is 5.82 Å². The smallest absolute Gasteiger partial charge is 0.355 e. The molecule has 1 amide bonds. The lowest BCUT2D eigenvalue weighted by atomic mass is 10.2. The van der Waals surface area contributed by atoms with Gasteiger partial charge in [-0.15, -0.1) is 0 Å². The lowest BCUT2D eigenvalue weighted by Crippen LogP contribution is -2.43. The van der Waals surface area contributed by atoms with Gasteiger partial charge in [0.2, 0.25) is 5.91 Å². The van der Waals surface area contributed by atoms with Gasteiger partial charge in [-0.3, -0.25) is 9.69 Å². The van der Waals surface area contributed by atoms with Crippen molar-refractivity contribution in [2.24, 2.45) is 0 Å². The van der Waals surface area contributed by atoms with Crippen molar-refractivity contribution in [1.82, 2.24) is 15.2 Å². The van der Waals surface area contributed by atoms with Gasteiger partial charge in [-0.1, -0.05) is 0 Å². The zero-order chi connectivity index (χ0) is 20.4. The minimum atomic E-state index is -4.41. The number of rotatable bonds is 4. The molecule has 156 valence electrons. The molecule has 2 saturated heterocycles. The molecule has 1 unspecified atom stereocenters. The Kier molecular flexibility index (Phi) is 6.13. The van der Waals surface area contributed by atoms with Crippen LogP contribution in [-0.2, 0) is 20.8 Å². The number of nitrogens with zero attached hydrogens (tertiary/aromatic N) is 3. The van der Waals surface area contributed by atoms with E-state index in [1.54, 1.807) is 0 Å². The maximum atomic E-state index is 12.7. The molecule has 0 aliphatic carbocycles. The van der Waals surface area contributed by atoms with Gasteiger partial charge in [-0.25, -0.2) is 13.4 Å². The van der Waals surface area contributed by atoms with Crippen LogP contribution >= 0.6 is 0 Å². The van der Waals surface area contributed by atoms with Crippen LogP contribution in [-0.4, -0.2) is 74.5 Å². The van der Waals surface area contributed by atoms with E-state index in [-0.39, 0.29) is 30.0 Å². The molecule has 2 fully saturated rings. The van der Waals surface area contributed by atoms with E-state index in [4.69, 9.17) is 0 Å². The minimum Gasteiger partial charge on any atom is -0.355 e. The molecule has 0 radical (unpaired) electrons. The Labute approximate surface area is 161 Å². The van der Waals surface area contributed by atoms with Gasteiger partial charge < -0.3 is 10.2 Å². The van der Waals surface area contributed by atoms with Gasteiger partial charge in [-0.2, -0.15) is 13.2 Å². The van der Waals surface area contributed by atoms with Crippen LogP contribution in [0.5, 0.6) is 0 Å². The predicted octanol–water partition coefficient (Wildman–Crippen LogP) is 0.916. The number of pyridine rings is 1. The highest BCUT2D eigenvalue weighted by Gasteiger charge is 2.31. The van der Waals surface area contributed by atoms with Gasteiger partial charge in [-0.05, 0) is 25.0 Å². The summed E-state index contributed by atoms with van der Waals surface area (Å²) < 4.78 is 60.9. The number of aromatic nitrogens is 1. The SMILES string of the molecule is O=C(CN1CCCN(c2ccc(C(F)(F)F)cn2)CC1)NC1CCS(=O)(=O)C1. The lowest BCUT2D eigenvalue weighted by molar-refractivity contribution is -0.137. The van der Waals surface area contributed by atoms with Crippen LogP contribution in [0.1, 0.15) is 18.4 Å². The van der Waals surface area contributed by atoms with E-state index in [2.05, 4.69) is 10.3 Å². The Hall–Kier alpha value is -1.88. The van der Waals surface area contributed by atoms with E-state index >= 15 is 0 Å². The fraction of sp³-hybridized carbons (Fsp3) is 0.647. The fourth-order valence-corrected chi connectivity index (χ4v) is 5.16. The molecule has 2 aliphatic rings. The number of nitrogens with one attached hydrogen (secondary N) is 1. The molecule has 2 aliphatic heterocycles. The Morgan fingerprint density at radius 3 is 2.61 bits per heavy atom. The first-order valence-electron chi connectivity index (χ1n) is 9.13. The summed E-state index contributed by atoms with van der Waals surface area (Å²) in [6.45, 7) is 2.60. The van der Waals surface area contributed by atoms with Crippen molar-refractivity contribution in [3.05, 3.63) is 23.9 Å². The topological polar surface area (TPSA) is 82.6 Å². The minimum absolute atomic E-state index is 0.00783. The average molecular weight is 420 g/mol.